The molecule has 94 valence electrons. The first-order chi connectivity index (χ1) is 7.91. The van der Waals surface area contributed by atoms with Crippen LogP contribution in [0.3, 0.4) is 0 Å². The van der Waals surface area contributed by atoms with Crippen molar-refractivity contribution in [2.45, 2.75) is 37.7 Å². The van der Waals surface area contributed by atoms with Gasteiger partial charge in [-0.15, -0.1) is 0 Å². The molecular formula is C12H17NO3S. The lowest BCUT2D eigenvalue weighted by molar-refractivity contribution is -0.0609. The Labute approximate surface area is 102 Å². The van der Waals surface area contributed by atoms with Crippen molar-refractivity contribution in [2.75, 3.05) is 11.5 Å². The summed E-state index contributed by atoms with van der Waals surface area (Å²) in [6, 6.07) is 2.31. The Morgan fingerprint density at radius 2 is 2.12 bits per heavy atom. The highest BCUT2D eigenvalue weighted by Gasteiger charge is 2.64. The molecular weight excluding hydrogens is 238 g/mol. The van der Waals surface area contributed by atoms with Gasteiger partial charge in [0.25, 0.3) is 0 Å². The van der Waals surface area contributed by atoms with Crippen molar-refractivity contribution in [1.29, 1.82) is 5.26 Å². The van der Waals surface area contributed by atoms with Gasteiger partial charge in [0.15, 0.2) is 9.84 Å². The normalized spacial score (nSPS) is 51.5. The minimum atomic E-state index is -3.16. The minimum Gasteiger partial charge on any atom is -0.387 e. The van der Waals surface area contributed by atoms with Crippen molar-refractivity contribution in [1.82, 2.24) is 0 Å². The van der Waals surface area contributed by atoms with E-state index in [9.17, 15) is 18.8 Å². The van der Waals surface area contributed by atoms with E-state index in [0.717, 1.165) is 19.3 Å². The van der Waals surface area contributed by atoms with Gasteiger partial charge in [-0.2, -0.15) is 5.26 Å². The van der Waals surface area contributed by atoms with E-state index in [-0.39, 0.29) is 23.8 Å². The number of sulfone groups is 1. The summed E-state index contributed by atoms with van der Waals surface area (Å²) in [6.07, 6.45) is 4.04. The van der Waals surface area contributed by atoms with Gasteiger partial charge in [-0.1, -0.05) is 6.42 Å². The number of nitrogens with zero attached hydrogens (tertiary/aromatic N) is 1. The molecule has 1 heterocycles. The Bertz CT molecular complexity index is 494. The second-order valence-electron chi connectivity index (χ2n) is 6.04. The highest BCUT2D eigenvalue weighted by atomic mass is 32.2. The van der Waals surface area contributed by atoms with Gasteiger partial charge in [0.05, 0.1) is 28.6 Å². The maximum atomic E-state index is 11.6. The van der Waals surface area contributed by atoms with E-state index in [1.54, 1.807) is 0 Å². The third-order valence-electron chi connectivity index (χ3n) is 5.16. The summed E-state index contributed by atoms with van der Waals surface area (Å²) in [7, 11) is -3.16. The molecule has 2 saturated carbocycles. The summed E-state index contributed by atoms with van der Waals surface area (Å²) in [4.78, 5) is 0. The van der Waals surface area contributed by atoms with Crippen LogP contribution < -0.4 is 0 Å². The van der Waals surface area contributed by atoms with Crippen molar-refractivity contribution in [2.24, 2.45) is 17.3 Å². The average molecular weight is 255 g/mol. The maximum absolute atomic E-state index is 11.6. The molecule has 1 N–H and O–H groups in total. The van der Waals surface area contributed by atoms with Crippen LogP contribution in [0.15, 0.2) is 0 Å². The largest absolute Gasteiger partial charge is 0.387 e. The van der Waals surface area contributed by atoms with Gasteiger partial charge in [-0.05, 0) is 37.5 Å². The quantitative estimate of drug-likeness (QED) is 0.754. The Hall–Kier alpha value is -0.600. The molecule has 17 heavy (non-hydrogen) atoms. The number of hydrogen-bond donors (Lipinski definition) is 1. The fourth-order valence-corrected chi connectivity index (χ4v) is 6.25. The van der Waals surface area contributed by atoms with E-state index < -0.39 is 20.9 Å². The molecule has 0 aromatic heterocycles. The lowest BCUT2D eigenvalue weighted by atomic mass is 9.63. The predicted molar refractivity (Wildman–Crippen MR) is 61.7 cm³/mol. The van der Waals surface area contributed by atoms with Gasteiger partial charge >= 0.3 is 0 Å². The second kappa shape index (κ2) is 3.24. The van der Waals surface area contributed by atoms with E-state index in [2.05, 4.69) is 6.07 Å². The minimum absolute atomic E-state index is 0.0321. The number of fused-ring (bicyclic) bond motifs is 2. The molecule has 2 aliphatic carbocycles. The van der Waals surface area contributed by atoms with Crippen LogP contribution in [0.25, 0.3) is 0 Å². The molecule has 4 nitrogen and oxygen atoms in total. The van der Waals surface area contributed by atoms with Crippen LogP contribution in [0.4, 0.5) is 0 Å². The Morgan fingerprint density at radius 3 is 2.53 bits per heavy atom. The zero-order chi connectivity index (χ0) is 12.3. The van der Waals surface area contributed by atoms with Crippen LogP contribution in [-0.4, -0.2) is 30.6 Å². The van der Waals surface area contributed by atoms with Crippen LogP contribution >= 0.6 is 0 Å². The van der Waals surface area contributed by atoms with E-state index >= 15 is 0 Å². The van der Waals surface area contributed by atoms with Crippen LogP contribution in [0.5, 0.6) is 0 Å². The number of hydrogen-bond acceptors (Lipinski definition) is 4. The van der Waals surface area contributed by atoms with E-state index in [1.807, 2.05) is 0 Å². The average Bonchev–Trinajstić information content (AvgIpc) is 2.91. The summed E-state index contributed by atoms with van der Waals surface area (Å²) in [5, 5.41) is 20.2. The van der Waals surface area contributed by atoms with Gasteiger partial charge in [-0.25, -0.2) is 8.42 Å². The van der Waals surface area contributed by atoms with Crippen molar-refractivity contribution in [3.05, 3.63) is 0 Å². The maximum Gasteiger partial charge on any atom is 0.153 e. The molecule has 0 aromatic carbocycles. The summed E-state index contributed by atoms with van der Waals surface area (Å²) in [6.45, 7) is 0. The zero-order valence-corrected chi connectivity index (χ0v) is 10.5. The Morgan fingerprint density at radius 1 is 1.35 bits per heavy atom. The van der Waals surface area contributed by atoms with E-state index in [1.165, 1.54) is 0 Å². The molecule has 1 saturated heterocycles. The molecule has 3 rings (SSSR count). The zero-order valence-electron chi connectivity index (χ0n) is 9.72. The SMILES string of the molecule is N#CC1(C2(O)CCS(=O)(=O)C2)CC2CCC1C2. The van der Waals surface area contributed by atoms with Crippen LogP contribution in [0.2, 0.25) is 0 Å². The summed E-state index contributed by atoms with van der Waals surface area (Å²) in [5.41, 5.74) is -2.08. The molecule has 2 bridgehead atoms. The summed E-state index contributed by atoms with van der Waals surface area (Å²) in [5.74, 6) is 0.545. The Balaban J connectivity index is 2.00. The standard InChI is InChI=1S/C12H17NO3S/c13-7-11(6-9-1-2-10(11)5-9)12(14)3-4-17(15,16)8-12/h9-10,14H,1-6,8H2. The fraction of sp³-hybridized carbons (Fsp3) is 0.917. The van der Waals surface area contributed by atoms with Gasteiger partial charge in [0.2, 0.25) is 0 Å². The molecule has 5 heteroatoms. The number of aliphatic hydroxyl groups is 1. The van der Waals surface area contributed by atoms with Gasteiger partial charge in [0.1, 0.15) is 0 Å². The first-order valence-corrected chi connectivity index (χ1v) is 8.07. The van der Waals surface area contributed by atoms with E-state index in [0.29, 0.717) is 12.3 Å². The van der Waals surface area contributed by atoms with Crippen molar-refractivity contribution < 1.29 is 13.5 Å². The molecule has 1 aliphatic heterocycles. The lowest BCUT2D eigenvalue weighted by Gasteiger charge is -2.42. The second-order valence-corrected chi connectivity index (χ2v) is 8.22. The van der Waals surface area contributed by atoms with Gasteiger partial charge in [0, 0.05) is 0 Å². The summed E-state index contributed by atoms with van der Waals surface area (Å²) < 4.78 is 23.2. The van der Waals surface area contributed by atoms with Gasteiger partial charge < -0.3 is 5.11 Å². The molecule has 0 amide bonds. The first-order valence-electron chi connectivity index (χ1n) is 6.25. The van der Waals surface area contributed by atoms with Crippen molar-refractivity contribution >= 4 is 9.84 Å². The highest BCUT2D eigenvalue weighted by Crippen LogP contribution is 2.62. The topological polar surface area (TPSA) is 78.2 Å². The lowest BCUT2D eigenvalue weighted by Crippen LogP contribution is -2.51. The molecule has 4 atom stereocenters. The third-order valence-corrected chi connectivity index (χ3v) is 6.91. The smallest absolute Gasteiger partial charge is 0.153 e. The predicted octanol–water partition coefficient (Wildman–Crippen LogP) is 0.866. The monoisotopic (exact) mass is 255 g/mol. The first kappa shape index (κ1) is 11.5. The molecule has 0 aromatic rings. The fourth-order valence-electron chi connectivity index (χ4n) is 4.33. The van der Waals surface area contributed by atoms with Crippen LogP contribution in [0.1, 0.15) is 32.1 Å². The third kappa shape index (κ3) is 1.40. The molecule has 3 fully saturated rings. The van der Waals surface area contributed by atoms with Crippen molar-refractivity contribution in [3.8, 4) is 6.07 Å². The van der Waals surface area contributed by atoms with E-state index in [4.69, 9.17) is 0 Å². The molecule has 4 unspecified atom stereocenters. The summed E-state index contributed by atoms with van der Waals surface area (Å²) >= 11 is 0. The highest BCUT2D eigenvalue weighted by molar-refractivity contribution is 7.91. The molecule has 0 spiro atoms. The van der Waals surface area contributed by atoms with Crippen molar-refractivity contribution in [3.63, 3.8) is 0 Å². The van der Waals surface area contributed by atoms with Crippen LogP contribution in [-0.2, 0) is 9.84 Å². The number of nitriles is 1. The molecule has 0 radical (unpaired) electrons. The van der Waals surface area contributed by atoms with Crippen LogP contribution in [0, 0.1) is 28.6 Å². The Kier molecular flexibility index (Phi) is 2.19. The number of rotatable bonds is 1. The molecule has 3 aliphatic rings. The van der Waals surface area contributed by atoms with Gasteiger partial charge in [-0.3, -0.25) is 0 Å².